The molecule has 2 fully saturated rings. The zero-order chi connectivity index (χ0) is 33.2. The number of hydrogen-bond donors (Lipinski definition) is 4. The number of likely N-dealkylation sites (tertiary alicyclic amines) is 1. The number of Topliss-reactive ketones (excluding diaryl/α,β-unsaturated/α-hetero) is 1. The first kappa shape index (κ1) is 32.6. The summed E-state index contributed by atoms with van der Waals surface area (Å²) in [5.41, 5.74) is 5.10. The topological polar surface area (TPSA) is 219 Å². The Kier molecular flexibility index (Phi) is 9.42. The van der Waals surface area contributed by atoms with E-state index in [0.29, 0.717) is 11.2 Å². The number of amides is 4. The highest BCUT2D eigenvalue weighted by atomic mass is 16.3. The highest BCUT2D eigenvalue weighted by Crippen LogP contribution is 2.33. The molecule has 15 nitrogen and oxygen atoms in total. The van der Waals surface area contributed by atoms with Gasteiger partial charge in [0.05, 0.1) is 24.0 Å². The second-order valence-electron chi connectivity index (χ2n) is 12.7. The lowest BCUT2D eigenvalue weighted by atomic mass is 9.85. The third-order valence-corrected chi connectivity index (χ3v) is 8.73. The summed E-state index contributed by atoms with van der Waals surface area (Å²) < 4.78 is 1.48. The third-order valence-electron chi connectivity index (χ3n) is 8.73. The molecule has 244 valence electrons. The second kappa shape index (κ2) is 13.3. The third kappa shape index (κ3) is 7.03. The average molecular weight is 634 g/mol. The van der Waals surface area contributed by atoms with E-state index in [-0.39, 0.29) is 36.7 Å². The summed E-state index contributed by atoms with van der Waals surface area (Å²) >= 11 is 0. The minimum absolute atomic E-state index is 0.0164. The van der Waals surface area contributed by atoms with Crippen molar-refractivity contribution in [2.75, 3.05) is 6.54 Å². The van der Waals surface area contributed by atoms with Crippen molar-refractivity contribution in [1.82, 2.24) is 35.2 Å². The molecule has 1 unspecified atom stereocenters. The molecule has 2 aliphatic rings. The largest absolute Gasteiger partial charge is 0.384 e. The number of nitrogens with two attached hydrogens (primary N) is 1. The zero-order valence-corrected chi connectivity index (χ0v) is 26.1. The average Bonchev–Trinajstić information content (AvgIpc) is 3.78. The molecule has 3 aromatic heterocycles. The number of rotatable bonds is 10. The standard InChI is InChI=1S/C31H39N9O6/c1-17(26(41)27(32)42)35-29(44)24-13-20(40-25(15-34-38-40)31(2,3)46)16-39(24)30(45)23(11-18-7-5-4-6-8-18)37-28(43)22-12-19-14-33-10-9-21(19)36-22/h9-10,12,14-15,17-18,20,24,36,46H,4-8,11,13,16H2,1-3H3,(H2,32,42)(H,35,44)/b37-23+/t17?,20-,24-/m0/s1. The summed E-state index contributed by atoms with van der Waals surface area (Å²) in [4.78, 5) is 77.9. The van der Waals surface area contributed by atoms with Crippen molar-refractivity contribution >= 4 is 46.0 Å². The molecule has 0 aromatic carbocycles. The Morgan fingerprint density at radius 3 is 2.59 bits per heavy atom. The highest BCUT2D eigenvalue weighted by molar-refractivity contribution is 6.41. The SMILES string of the molecule is CC(NC(=O)[C@@H]1C[C@H](n2nncc2C(C)(C)O)CN1C(=O)/C(CC1CCCCC1)=N/C(=O)c1cc2cnccc2[nH]1)C(=O)C(N)=O. The van der Waals surface area contributed by atoms with Crippen LogP contribution in [-0.4, -0.2) is 88.7 Å². The lowest BCUT2D eigenvalue weighted by Crippen LogP contribution is -2.52. The van der Waals surface area contributed by atoms with Crippen molar-refractivity contribution in [3.8, 4) is 0 Å². The molecule has 1 saturated carbocycles. The number of aliphatic imine (C=N–C) groups is 1. The maximum atomic E-state index is 14.4. The fraction of sp³-hybridized carbons (Fsp3) is 0.516. The number of ketones is 1. The second-order valence-corrected chi connectivity index (χ2v) is 12.7. The van der Waals surface area contributed by atoms with Crippen LogP contribution in [0.15, 0.2) is 35.7 Å². The molecule has 3 atom stereocenters. The quantitative estimate of drug-likeness (QED) is 0.187. The molecule has 0 spiro atoms. The van der Waals surface area contributed by atoms with Gasteiger partial charge < -0.3 is 26.0 Å². The number of aromatic amines is 1. The molecular weight excluding hydrogens is 594 g/mol. The van der Waals surface area contributed by atoms with Crippen LogP contribution in [0.25, 0.3) is 10.9 Å². The Hall–Kier alpha value is -4.79. The number of aromatic nitrogens is 5. The van der Waals surface area contributed by atoms with Crippen molar-refractivity contribution in [2.24, 2.45) is 16.6 Å². The van der Waals surface area contributed by atoms with Crippen molar-refractivity contribution in [1.29, 1.82) is 0 Å². The number of nitrogens with zero attached hydrogens (tertiary/aromatic N) is 6. The van der Waals surface area contributed by atoms with Crippen LogP contribution in [0.5, 0.6) is 0 Å². The van der Waals surface area contributed by atoms with E-state index < -0.39 is 53.1 Å². The van der Waals surface area contributed by atoms with Gasteiger partial charge in [-0.15, -0.1) is 5.10 Å². The molecular formula is C31H39N9O6. The molecule has 0 radical (unpaired) electrons. The van der Waals surface area contributed by atoms with E-state index in [2.05, 4.69) is 30.6 Å². The van der Waals surface area contributed by atoms with Gasteiger partial charge in [-0.25, -0.2) is 9.67 Å². The van der Waals surface area contributed by atoms with Crippen molar-refractivity contribution in [3.63, 3.8) is 0 Å². The number of H-pyrrole nitrogens is 1. The minimum atomic E-state index is -1.32. The van der Waals surface area contributed by atoms with Crippen LogP contribution < -0.4 is 11.1 Å². The van der Waals surface area contributed by atoms with Gasteiger partial charge in [-0.1, -0.05) is 37.3 Å². The van der Waals surface area contributed by atoms with Gasteiger partial charge in [0.2, 0.25) is 11.7 Å². The van der Waals surface area contributed by atoms with Crippen LogP contribution in [0.1, 0.15) is 87.9 Å². The molecule has 5 rings (SSSR count). The summed E-state index contributed by atoms with van der Waals surface area (Å²) in [6.45, 7) is 4.46. The van der Waals surface area contributed by atoms with Crippen LogP contribution in [-0.2, 0) is 24.8 Å². The van der Waals surface area contributed by atoms with E-state index in [0.717, 1.165) is 37.5 Å². The summed E-state index contributed by atoms with van der Waals surface area (Å²) in [7, 11) is 0. The van der Waals surface area contributed by atoms with E-state index in [1.807, 2.05) is 0 Å². The summed E-state index contributed by atoms with van der Waals surface area (Å²) in [6, 6.07) is 0.420. The summed E-state index contributed by atoms with van der Waals surface area (Å²) in [6.07, 6.45) is 9.79. The van der Waals surface area contributed by atoms with Gasteiger partial charge in [0.1, 0.15) is 23.0 Å². The van der Waals surface area contributed by atoms with Gasteiger partial charge in [-0.3, -0.25) is 29.0 Å². The van der Waals surface area contributed by atoms with E-state index in [1.54, 1.807) is 38.4 Å². The van der Waals surface area contributed by atoms with Crippen molar-refractivity contribution in [3.05, 3.63) is 42.1 Å². The molecule has 46 heavy (non-hydrogen) atoms. The minimum Gasteiger partial charge on any atom is -0.384 e. The Morgan fingerprint density at radius 2 is 1.91 bits per heavy atom. The van der Waals surface area contributed by atoms with E-state index in [9.17, 15) is 29.1 Å². The molecule has 3 aromatic rings. The highest BCUT2D eigenvalue weighted by Gasteiger charge is 2.44. The zero-order valence-electron chi connectivity index (χ0n) is 26.1. The molecule has 1 saturated heterocycles. The van der Waals surface area contributed by atoms with Gasteiger partial charge in [0.15, 0.2) is 0 Å². The molecule has 4 heterocycles. The Bertz CT molecular complexity index is 1650. The smallest absolute Gasteiger partial charge is 0.293 e. The number of carbonyl (C=O) groups excluding carboxylic acids is 5. The summed E-state index contributed by atoms with van der Waals surface area (Å²) in [5.74, 6) is -3.97. The fourth-order valence-corrected chi connectivity index (χ4v) is 6.29. The number of carbonyl (C=O) groups is 5. The van der Waals surface area contributed by atoms with E-state index >= 15 is 0 Å². The fourth-order valence-electron chi connectivity index (χ4n) is 6.29. The van der Waals surface area contributed by atoms with Gasteiger partial charge in [-0.2, -0.15) is 0 Å². The predicted molar refractivity (Wildman–Crippen MR) is 165 cm³/mol. The van der Waals surface area contributed by atoms with Crippen LogP contribution in [0, 0.1) is 5.92 Å². The first-order chi connectivity index (χ1) is 21.8. The molecule has 1 aliphatic carbocycles. The van der Waals surface area contributed by atoms with Gasteiger partial charge in [0, 0.05) is 36.3 Å². The monoisotopic (exact) mass is 633 g/mol. The van der Waals surface area contributed by atoms with Crippen molar-refractivity contribution < 1.29 is 29.1 Å². The predicted octanol–water partition coefficient (Wildman–Crippen LogP) is 1.33. The number of fused-ring (bicyclic) bond motifs is 1. The first-order valence-corrected chi connectivity index (χ1v) is 15.5. The number of hydrogen-bond acceptors (Lipinski definition) is 9. The first-order valence-electron chi connectivity index (χ1n) is 15.5. The van der Waals surface area contributed by atoms with Gasteiger partial charge in [0.25, 0.3) is 17.7 Å². The normalized spacial score (nSPS) is 20.1. The molecule has 4 amide bonds. The van der Waals surface area contributed by atoms with Crippen molar-refractivity contribution in [2.45, 2.75) is 89.4 Å². The number of primary amides is 1. The van der Waals surface area contributed by atoms with Gasteiger partial charge >= 0.3 is 0 Å². The van der Waals surface area contributed by atoms with Crippen LogP contribution in [0.2, 0.25) is 0 Å². The maximum absolute atomic E-state index is 14.4. The Labute approximate surface area is 265 Å². The van der Waals surface area contributed by atoms with E-state index in [4.69, 9.17) is 5.73 Å². The molecule has 5 N–H and O–H groups in total. The number of pyridine rings is 1. The number of aliphatic hydroxyl groups is 1. The molecule has 15 heteroatoms. The van der Waals surface area contributed by atoms with Crippen LogP contribution in [0.4, 0.5) is 0 Å². The lowest BCUT2D eigenvalue weighted by molar-refractivity contribution is -0.139. The lowest BCUT2D eigenvalue weighted by Gasteiger charge is -2.27. The van der Waals surface area contributed by atoms with Crippen LogP contribution in [0.3, 0.4) is 0 Å². The molecule has 1 aliphatic heterocycles. The van der Waals surface area contributed by atoms with Crippen LogP contribution >= 0.6 is 0 Å². The number of nitrogens with one attached hydrogen (secondary N) is 2. The summed E-state index contributed by atoms with van der Waals surface area (Å²) in [5, 5.41) is 22.0. The maximum Gasteiger partial charge on any atom is 0.293 e. The van der Waals surface area contributed by atoms with Gasteiger partial charge in [-0.05, 0) is 45.2 Å². The Morgan fingerprint density at radius 1 is 1.17 bits per heavy atom. The Balaban J connectivity index is 1.50. The van der Waals surface area contributed by atoms with E-state index in [1.165, 1.54) is 22.7 Å². The molecule has 0 bridgehead atoms.